The highest BCUT2D eigenvalue weighted by Gasteiger charge is 2.29. The number of hydrogen-bond donors (Lipinski definition) is 0. The van der Waals surface area contributed by atoms with Crippen LogP contribution in [0.2, 0.25) is 0 Å². The van der Waals surface area contributed by atoms with Crippen molar-refractivity contribution in [3.63, 3.8) is 0 Å². The van der Waals surface area contributed by atoms with Gasteiger partial charge < -0.3 is 9.80 Å². The van der Waals surface area contributed by atoms with Crippen molar-refractivity contribution in [2.75, 3.05) is 46.3 Å². The van der Waals surface area contributed by atoms with Crippen molar-refractivity contribution in [2.24, 2.45) is 5.92 Å². The summed E-state index contributed by atoms with van der Waals surface area (Å²) < 4.78 is 27.1. The van der Waals surface area contributed by atoms with E-state index in [0.717, 1.165) is 25.9 Å². The van der Waals surface area contributed by atoms with E-state index >= 15 is 0 Å². The average molecular weight is 365 g/mol. The number of amides is 1. The smallest absolute Gasteiger partial charge is 0.253 e. The molecule has 2 heterocycles. The van der Waals surface area contributed by atoms with Gasteiger partial charge in [0.2, 0.25) is 10.0 Å². The topological polar surface area (TPSA) is 60.9 Å². The molecule has 0 saturated carbocycles. The van der Waals surface area contributed by atoms with Gasteiger partial charge in [-0.25, -0.2) is 8.42 Å². The molecular formula is C18H27N3O3S. The van der Waals surface area contributed by atoms with Gasteiger partial charge in [-0.2, -0.15) is 4.31 Å². The predicted octanol–water partition coefficient (Wildman–Crippen LogP) is 1.49. The van der Waals surface area contributed by atoms with E-state index in [1.807, 2.05) is 11.9 Å². The molecule has 2 saturated heterocycles. The van der Waals surface area contributed by atoms with Gasteiger partial charge in [-0.05, 0) is 50.1 Å². The zero-order chi connectivity index (χ0) is 18.0. The third-order valence-electron chi connectivity index (χ3n) is 5.15. The number of hydrogen-bond acceptors (Lipinski definition) is 4. The predicted molar refractivity (Wildman–Crippen MR) is 97.0 cm³/mol. The third kappa shape index (κ3) is 4.04. The molecule has 2 aliphatic rings. The molecule has 0 bridgehead atoms. The number of carbonyl (C=O) groups excluding carboxylic acids is 1. The number of rotatable bonds is 3. The van der Waals surface area contributed by atoms with Crippen LogP contribution in [-0.2, 0) is 10.0 Å². The summed E-state index contributed by atoms with van der Waals surface area (Å²) in [5.41, 5.74) is 0.551. The van der Waals surface area contributed by atoms with E-state index in [2.05, 4.69) is 11.8 Å². The fourth-order valence-corrected chi connectivity index (χ4v) is 5.07. The second-order valence-electron chi connectivity index (χ2n) is 7.23. The van der Waals surface area contributed by atoms with Crippen LogP contribution in [0.15, 0.2) is 29.2 Å². The minimum absolute atomic E-state index is 0.0244. The van der Waals surface area contributed by atoms with Crippen molar-refractivity contribution in [1.29, 1.82) is 0 Å². The lowest BCUT2D eigenvalue weighted by atomic mass is 10.0. The highest BCUT2D eigenvalue weighted by Crippen LogP contribution is 2.24. The lowest BCUT2D eigenvalue weighted by Gasteiger charge is -2.32. The minimum Gasteiger partial charge on any atom is -0.336 e. The Bertz CT molecular complexity index is 710. The highest BCUT2D eigenvalue weighted by molar-refractivity contribution is 7.89. The molecule has 1 amide bonds. The molecule has 0 aromatic heterocycles. The van der Waals surface area contributed by atoms with Crippen molar-refractivity contribution < 1.29 is 13.2 Å². The standard InChI is InChI=1S/C18H27N3O3S/c1-15-4-3-9-21(14-15)25(23,24)17-7-5-16(6-8-17)18(22)20-12-10-19(2)11-13-20/h5-8,15H,3-4,9-14H2,1-2H3. The Hall–Kier alpha value is -1.44. The minimum atomic E-state index is -3.47. The number of likely N-dealkylation sites (N-methyl/N-ethyl adjacent to an activating group) is 1. The number of nitrogens with zero attached hydrogens (tertiary/aromatic N) is 3. The summed E-state index contributed by atoms with van der Waals surface area (Å²) in [6, 6.07) is 6.41. The first-order chi connectivity index (χ1) is 11.9. The van der Waals surface area contributed by atoms with E-state index in [4.69, 9.17) is 0 Å². The molecule has 0 spiro atoms. The van der Waals surface area contributed by atoms with Gasteiger partial charge in [0.25, 0.3) is 5.91 Å². The number of carbonyl (C=O) groups is 1. The molecule has 2 aliphatic heterocycles. The van der Waals surface area contributed by atoms with Crippen LogP contribution in [0.5, 0.6) is 0 Å². The van der Waals surface area contributed by atoms with E-state index < -0.39 is 10.0 Å². The summed E-state index contributed by atoms with van der Waals surface area (Å²) in [6.45, 7) is 6.39. The van der Waals surface area contributed by atoms with Crippen LogP contribution in [0.25, 0.3) is 0 Å². The molecule has 1 unspecified atom stereocenters. The highest BCUT2D eigenvalue weighted by atomic mass is 32.2. The van der Waals surface area contributed by atoms with E-state index in [-0.39, 0.29) is 10.8 Å². The number of sulfonamides is 1. The van der Waals surface area contributed by atoms with Gasteiger partial charge >= 0.3 is 0 Å². The number of piperidine rings is 1. The van der Waals surface area contributed by atoms with Gasteiger partial charge in [0.1, 0.15) is 0 Å². The molecular weight excluding hydrogens is 338 g/mol. The molecule has 0 aliphatic carbocycles. The fourth-order valence-electron chi connectivity index (χ4n) is 3.48. The van der Waals surface area contributed by atoms with Crippen LogP contribution in [0.1, 0.15) is 30.1 Å². The van der Waals surface area contributed by atoms with Gasteiger partial charge in [-0.15, -0.1) is 0 Å². The van der Waals surface area contributed by atoms with Gasteiger partial charge in [-0.1, -0.05) is 6.92 Å². The van der Waals surface area contributed by atoms with Crippen LogP contribution in [0.4, 0.5) is 0 Å². The average Bonchev–Trinajstić information content (AvgIpc) is 2.62. The Morgan fingerprint density at radius 1 is 1.04 bits per heavy atom. The zero-order valence-corrected chi connectivity index (χ0v) is 15.8. The van der Waals surface area contributed by atoms with Crippen molar-refractivity contribution >= 4 is 15.9 Å². The van der Waals surface area contributed by atoms with Crippen molar-refractivity contribution in [1.82, 2.24) is 14.1 Å². The largest absolute Gasteiger partial charge is 0.336 e. The second-order valence-corrected chi connectivity index (χ2v) is 9.17. The summed E-state index contributed by atoms with van der Waals surface area (Å²) in [5, 5.41) is 0. The number of benzene rings is 1. The lowest BCUT2D eigenvalue weighted by molar-refractivity contribution is 0.0664. The SMILES string of the molecule is CC1CCCN(S(=O)(=O)c2ccc(C(=O)N3CCN(C)CC3)cc2)C1. The summed E-state index contributed by atoms with van der Waals surface area (Å²) in [4.78, 5) is 16.9. The molecule has 3 rings (SSSR count). The van der Waals surface area contributed by atoms with Crippen LogP contribution in [0, 0.1) is 5.92 Å². The Labute approximate surface area is 150 Å². The maximum Gasteiger partial charge on any atom is 0.253 e. The monoisotopic (exact) mass is 365 g/mol. The molecule has 1 atom stereocenters. The van der Waals surface area contributed by atoms with E-state index in [9.17, 15) is 13.2 Å². The zero-order valence-electron chi connectivity index (χ0n) is 15.0. The quantitative estimate of drug-likeness (QED) is 0.814. The van der Waals surface area contributed by atoms with Crippen molar-refractivity contribution in [3.05, 3.63) is 29.8 Å². The molecule has 1 aromatic rings. The molecule has 138 valence electrons. The normalized spacial score (nSPS) is 23.6. The third-order valence-corrected chi connectivity index (χ3v) is 7.03. The Morgan fingerprint density at radius 3 is 2.28 bits per heavy atom. The first-order valence-electron chi connectivity index (χ1n) is 8.96. The summed E-state index contributed by atoms with van der Waals surface area (Å²) in [5.74, 6) is 0.366. The van der Waals surface area contributed by atoms with E-state index in [1.165, 1.54) is 0 Å². The van der Waals surface area contributed by atoms with Crippen molar-refractivity contribution in [3.8, 4) is 0 Å². The molecule has 7 heteroatoms. The van der Waals surface area contributed by atoms with Crippen molar-refractivity contribution in [2.45, 2.75) is 24.7 Å². The fraction of sp³-hybridized carbons (Fsp3) is 0.611. The Balaban J connectivity index is 1.72. The maximum absolute atomic E-state index is 12.8. The van der Waals surface area contributed by atoms with Crippen LogP contribution < -0.4 is 0 Å². The molecule has 25 heavy (non-hydrogen) atoms. The van der Waals surface area contributed by atoms with E-state index in [0.29, 0.717) is 37.7 Å². The Morgan fingerprint density at radius 2 is 1.68 bits per heavy atom. The molecule has 0 N–H and O–H groups in total. The summed E-state index contributed by atoms with van der Waals surface area (Å²) in [7, 11) is -1.42. The van der Waals surface area contributed by atoms with Gasteiger partial charge in [0, 0.05) is 44.8 Å². The molecule has 2 fully saturated rings. The van der Waals surface area contributed by atoms with Gasteiger partial charge in [0.05, 0.1) is 4.90 Å². The van der Waals surface area contributed by atoms with Gasteiger partial charge in [0.15, 0.2) is 0 Å². The van der Waals surface area contributed by atoms with Gasteiger partial charge in [-0.3, -0.25) is 4.79 Å². The first-order valence-corrected chi connectivity index (χ1v) is 10.4. The van der Waals surface area contributed by atoms with E-state index in [1.54, 1.807) is 28.6 Å². The molecule has 1 aromatic carbocycles. The maximum atomic E-state index is 12.8. The summed E-state index contributed by atoms with van der Waals surface area (Å²) in [6.07, 6.45) is 1.98. The van der Waals surface area contributed by atoms with Crippen LogP contribution in [-0.4, -0.2) is 74.7 Å². The Kier molecular flexibility index (Phi) is 5.46. The molecule has 0 radical (unpaired) electrons. The molecule has 6 nitrogen and oxygen atoms in total. The second kappa shape index (κ2) is 7.43. The number of piperazine rings is 1. The lowest BCUT2D eigenvalue weighted by Crippen LogP contribution is -2.47. The summed E-state index contributed by atoms with van der Waals surface area (Å²) >= 11 is 0. The van der Waals surface area contributed by atoms with Crippen LogP contribution in [0.3, 0.4) is 0 Å². The first kappa shape index (κ1) is 18.4. The van der Waals surface area contributed by atoms with Crippen LogP contribution >= 0.6 is 0 Å².